The Morgan fingerprint density at radius 3 is 1.75 bits per heavy atom. The summed E-state index contributed by atoms with van der Waals surface area (Å²) in [4.78, 5) is 0. The molecule has 52 valence electrons. The molecule has 0 unspecified atom stereocenters. The number of hydrogen-bond acceptors (Lipinski definition) is 4. The van der Waals surface area contributed by atoms with Crippen molar-refractivity contribution in [2.45, 2.75) is 13.3 Å². The minimum Gasteiger partial charge on any atom is -0.330 e. The van der Waals surface area contributed by atoms with Crippen LogP contribution in [0.25, 0.3) is 0 Å². The second-order valence-electron chi connectivity index (χ2n) is 0.990. The Labute approximate surface area is 51.3 Å². The van der Waals surface area contributed by atoms with Crippen LogP contribution in [0.1, 0.15) is 13.3 Å². The van der Waals surface area contributed by atoms with Crippen molar-refractivity contribution >= 4 is 0 Å². The van der Waals surface area contributed by atoms with E-state index in [2.05, 4.69) is 6.92 Å². The number of halogens is 1. The smallest absolute Gasteiger partial charge is 0.282 e. The normalized spacial score (nSPS) is 8.25. The minimum absolute atomic E-state index is 0.819. The van der Waals surface area contributed by atoms with E-state index >= 15 is 0 Å². The van der Waals surface area contributed by atoms with E-state index in [9.17, 15) is 0 Å². The van der Waals surface area contributed by atoms with Crippen LogP contribution in [0.2, 0.25) is 0 Å². The largest absolute Gasteiger partial charge is 0.330 e. The highest BCUT2D eigenvalue weighted by molar-refractivity contribution is 4.19. The zero-order valence-electron chi connectivity index (χ0n) is 4.63. The van der Waals surface area contributed by atoms with E-state index in [1.165, 1.54) is 0 Å². The lowest BCUT2D eigenvalue weighted by Gasteiger charge is -1.72. The van der Waals surface area contributed by atoms with Crippen LogP contribution in [-0.2, 0) is 0 Å². The van der Waals surface area contributed by atoms with Gasteiger partial charge >= 0.3 is 0 Å². The first kappa shape index (κ1) is 11.0. The highest BCUT2D eigenvalue weighted by Crippen LogP contribution is 1.57. The lowest BCUT2D eigenvalue weighted by Crippen LogP contribution is -2.30. The maximum atomic E-state index is 8.52. The molecule has 0 bridgehead atoms. The summed E-state index contributed by atoms with van der Waals surface area (Å²) in [6, 6.07) is 0. The van der Waals surface area contributed by atoms with E-state index < -0.39 is 10.8 Å². The Morgan fingerprint density at radius 2 is 1.75 bits per heavy atom. The fraction of sp³-hybridized carbons (Fsp3) is 1.00. The molecule has 0 radical (unpaired) electrons. The molecule has 0 heterocycles. The molecular weight excluding hydrogens is 133 g/mol. The van der Waals surface area contributed by atoms with Crippen molar-refractivity contribution in [2.24, 2.45) is 5.73 Å². The number of nitrogens with two attached hydrogens (primary N) is 1. The van der Waals surface area contributed by atoms with Crippen molar-refractivity contribution in [3.05, 3.63) is 0 Å². The molecule has 4 nitrogen and oxygen atoms in total. The van der Waals surface area contributed by atoms with Gasteiger partial charge in [-0.05, 0) is 13.0 Å². The van der Waals surface area contributed by atoms with Crippen LogP contribution in [0.4, 0.5) is 0 Å². The second-order valence-corrected chi connectivity index (χ2v) is 1.39. The molecule has 0 spiro atoms. The van der Waals surface area contributed by atoms with Crippen LogP contribution < -0.4 is 15.1 Å². The first-order valence-electron chi connectivity index (χ1n) is 2.09. The van der Waals surface area contributed by atoms with Gasteiger partial charge in [0, 0.05) is 4.66 Å². The maximum absolute atomic E-state index is 8.52. The summed E-state index contributed by atoms with van der Waals surface area (Å²) in [5, 5.41) is 0. The van der Waals surface area contributed by atoms with Crippen molar-refractivity contribution in [1.29, 1.82) is 0 Å². The molecule has 0 aromatic rings. The SMILES string of the molecule is CCCN.[O-][Cl+2]([O-])O. The zero-order chi connectivity index (χ0) is 6.99. The van der Waals surface area contributed by atoms with E-state index in [-0.39, 0.29) is 0 Å². The molecule has 0 aliphatic heterocycles. The van der Waals surface area contributed by atoms with Crippen LogP contribution >= 0.6 is 0 Å². The number of hydrogen-bond donors (Lipinski definition) is 2. The van der Waals surface area contributed by atoms with Gasteiger partial charge in [-0.1, -0.05) is 6.92 Å². The Morgan fingerprint density at radius 1 is 1.62 bits per heavy atom. The van der Waals surface area contributed by atoms with Gasteiger partial charge in [-0.25, -0.2) is 0 Å². The fourth-order valence-electron chi connectivity index (χ4n) is 0. The molecule has 0 aromatic heterocycles. The average molecular weight is 144 g/mol. The van der Waals surface area contributed by atoms with Crippen molar-refractivity contribution in [2.75, 3.05) is 6.54 Å². The van der Waals surface area contributed by atoms with Crippen molar-refractivity contribution in [1.82, 2.24) is 0 Å². The molecule has 5 heteroatoms. The predicted molar refractivity (Wildman–Crippen MR) is 21.6 cm³/mol. The fourth-order valence-corrected chi connectivity index (χ4v) is 0. The molecule has 0 aromatic carbocycles. The zero-order valence-corrected chi connectivity index (χ0v) is 5.39. The molecule has 8 heavy (non-hydrogen) atoms. The molecule has 0 aliphatic rings. The summed E-state index contributed by atoms with van der Waals surface area (Å²) in [6.07, 6.45) is 1.10. The highest BCUT2D eigenvalue weighted by Gasteiger charge is 1.79. The summed E-state index contributed by atoms with van der Waals surface area (Å²) in [5.41, 5.74) is 5.03. The number of rotatable bonds is 1. The van der Waals surface area contributed by atoms with Crippen LogP contribution in [0, 0.1) is 10.8 Å². The summed E-state index contributed by atoms with van der Waals surface area (Å²) in [7, 11) is -2.60. The van der Waals surface area contributed by atoms with Gasteiger partial charge in [-0.15, -0.1) is 0 Å². The Balaban J connectivity index is 0. The average Bonchev–Trinajstić information content (AvgIpc) is 1.65. The topological polar surface area (TPSA) is 92.4 Å². The van der Waals surface area contributed by atoms with Gasteiger partial charge in [-0.3, -0.25) is 0 Å². The van der Waals surface area contributed by atoms with E-state index in [4.69, 9.17) is 19.7 Å². The van der Waals surface area contributed by atoms with Gasteiger partial charge in [0.05, 0.1) is 0 Å². The Hall–Kier alpha value is 0.130. The van der Waals surface area contributed by atoms with Crippen molar-refractivity contribution in [3.63, 3.8) is 0 Å². The van der Waals surface area contributed by atoms with Crippen molar-refractivity contribution in [3.8, 4) is 0 Å². The van der Waals surface area contributed by atoms with Crippen LogP contribution in [0.15, 0.2) is 0 Å². The van der Waals surface area contributed by atoms with Gasteiger partial charge < -0.3 is 15.1 Å². The highest BCUT2D eigenvalue weighted by atomic mass is 35.6. The summed E-state index contributed by atoms with van der Waals surface area (Å²) >= 11 is 0. The summed E-state index contributed by atoms with van der Waals surface area (Å²) < 4.78 is 24.0. The molecule has 0 fully saturated rings. The maximum Gasteiger partial charge on any atom is 0.282 e. The van der Waals surface area contributed by atoms with E-state index in [1.54, 1.807) is 0 Å². The molecule has 0 saturated carbocycles. The third kappa shape index (κ3) is 126. The van der Waals surface area contributed by atoms with Crippen molar-refractivity contribution < 1.29 is 24.8 Å². The van der Waals surface area contributed by atoms with Gasteiger partial charge in [0.25, 0.3) is 10.8 Å². The Kier molecular flexibility index (Phi) is 14.0. The van der Waals surface area contributed by atoms with E-state index in [0.29, 0.717) is 0 Å². The molecule has 0 atom stereocenters. The third-order valence-electron chi connectivity index (χ3n) is 0.289. The quantitative estimate of drug-likeness (QED) is 0.422. The van der Waals surface area contributed by atoms with Gasteiger partial charge in [-0.2, -0.15) is 0 Å². The van der Waals surface area contributed by atoms with Gasteiger partial charge in [0.1, 0.15) is 0 Å². The first-order chi connectivity index (χ1) is 3.65. The second kappa shape index (κ2) is 10.2. The molecule has 0 rings (SSSR count). The lowest BCUT2D eigenvalue weighted by molar-refractivity contribution is -1.63. The third-order valence-corrected chi connectivity index (χ3v) is 0.289. The van der Waals surface area contributed by atoms with E-state index in [0.717, 1.165) is 13.0 Å². The molecule has 3 N–H and O–H groups in total. The monoisotopic (exact) mass is 143 g/mol. The lowest BCUT2D eigenvalue weighted by atomic mass is 10.5. The predicted octanol–water partition coefficient (Wildman–Crippen LogP) is -2.58. The molecule has 0 aliphatic carbocycles. The standard InChI is InChI=1S/C3H9N.ClHO3/c1-2-3-4;2-1(3)4/h2-4H2,1H3;2H. The Bertz CT molecular complexity index is 31.0. The first-order valence-corrected chi connectivity index (χ1v) is 3.05. The van der Waals surface area contributed by atoms with Crippen LogP contribution in [0.5, 0.6) is 0 Å². The summed E-state index contributed by atoms with van der Waals surface area (Å²) in [5.74, 6) is 0. The van der Waals surface area contributed by atoms with Gasteiger partial charge in [0.2, 0.25) is 0 Å². The van der Waals surface area contributed by atoms with Crippen LogP contribution in [-0.4, -0.2) is 11.2 Å². The molecule has 0 saturated heterocycles. The molecule has 0 amide bonds. The minimum atomic E-state index is -2.60. The summed E-state index contributed by atoms with van der Waals surface area (Å²) in [6.45, 7) is 2.88. The van der Waals surface area contributed by atoms with Crippen LogP contribution in [0.3, 0.4) is 0 Å². The molecular formula is C3H10ClNO3. The van der Waals surface area contributed by atoms with E-state index in [1.807, 2.05) is 0 Å². The van der Waals surface area contributed by atoms with Gasteiger partial charge in [0.15, 0.2) is 0 Å².